The lowest BCUT2D eigenvalue weighted by atomic mass is 10.1. The molecule has 7 rings (SSSR count). The number of furan rings is 1. The Morgan fingerprint density at radius 1 is 0.655 bits per heavy atom. The molecule has 3 aromatic heterocycles. The third-order valence-electron chi connectivity index (χ3n) is 5.88. The molecule has 4 aromatic carbocycles. The minimum atomic E-state index is 0.927. The normalized spacial score (nSPS) is 12.1. The van der Waals surface area contributed by atoms with Crippen molar-refractivity contribution < 1.29 is 4.42 Å². The summed E-state index contributed by atoms with van der Waals surface area (Å²) in [7, 11) is 0. The summed E-state index contributed by atoms with van der Waals surface area (Å²) in [6.07, 6.45) is 0. The van der Waals surface area contributed by atoms with Gasteiger partial charge in [0.15, 0.2) is 5.58 Å². The standard InChI is InChI=1S/C26H15NOS/c1-3-9-20-19(7-1)24-21(13-12-16-14-15-29-26(16)24)27(20)22-10-5-8-18-17-6-2-4-11-23(17)28-25(18)22/h1-15H. The van der Waals surface area contributed by atoms with Crippen LogP contribution < -0.4 is 0 Å². The van der Waals surface area contributed by atoms with Crippen LogP contribution in [0.2, 0.25) is 0 Å². The second kappa shape index (κ2) is 5.49. The Morgan fingerprint density at radius 2 is 1.48 bits per heavy atom. The lowest BCUT2D eigenvalue weighted by Gasteiger charge is -2.08. The van der Waals surface area contributed by atoms with Gasteiger partial charge < -0.3 is 8.98 Å². The summed E-state index contributed by atoms with van der Waals surface area (Å²) in [6.45, 7) is 0. The first kappa shape index (κ1) is 15.4. The summed E-state index contributed by atoms with van der Waals surface area (Å²) in [4.78, 5) is 0. The fourth-order valence-corrected chi connectivity index (χ4v) is 5.60. The molecular formula is C26H15NOS. The minimum absolute atomic E-state index is 0.927. The summed E-state index contributed by atoms with van der Waals surface area (Å²) >= 11 is 1.81. The molecule has 2 nitrogen and oxygen atoms in total. The predicted molar refractivity (Wildman–Crippen MR) is 123 cm³/mol. The molecule has 0 N–H and O–H groups in total. The van der Waals surface area contributed by atoms with Gasteiger partial charge in [0.2, 0.25) is 0 Å². The van der Waals surface area contributed by atoms with Crippen LogP contribution >= 0.6 is 11.3 Å². The molecule has 0 atom stereocenters. The lowest BCUT2D eigenvalue weighted by molar-refractivity contribution is 0.666. The molecule has 0 amide bonds. The molecule has 0 saturated heterocycles. The second-order valence-corrected chi connectivity index (χ2v) is 8.32. The Hall–Kier alpha value is -3.56. The van der Waals surface area contributed by atoms with Crippen molar-refractivity contribution in [1.82, 2.24) is 4.57 Å². The molecule has 29 heavy (non-hydrogen) atoms. The Bertz CT molecular complexity index is 1710. The molecule has 0 bridgehead atoms. The van der Waals surface area contributed by atoms with Crippen LogP contribution in [0.4, 0.5) is 0 Å². The zero-order valence-electron chi connectivity index (χ0n) is 15.4. The van der Waals surface area contributed by atoms with E-state index in [4.69, 9.17) is 4.42 Å². The van der Waals surface area contributed by atoms with Crippen molar-refractivity contribution in [3.8, 4) is 5.69 Å². The third kappa shape index (κ3) is 1.95. The highest BCUT2D eigenvalue weighted by molar-refractivity contribution is 7.18. The van der Waals surface area contributed by atoms with E-state index >= 15 is 0 Å². The first-order valence-corrected chi connectivity index (χ1v) is 10.6. The fourth-order valence-electron chi connectivity index (χ4n) is 4.65. The van der Waals surface area contributed by atoms with E-state index < -0.39 is 0 Å². The van der Waals surface area contributed by atoms with Gasteiger partial charge in [-0.15, -0.1) is 11.3 Å². The van der Waals surface area contributed by atoms with Gasteiger partial charge >= 0.3 is 0 Å². The molecule has 3 heteroatoms. The summed E-state index contributed by atoms with van der Waals surface area (Å²) in [5.41, 5.74) is 5.37. The molecule has 3 heterocycles. The van der Waals surface area contributed by atoms with Gasteiger partial charge in [-0.1, -0.05) is 54.6 Å². The summed E-state index contributed by atoms with van der Waals surface area (Å²) < 4.78 is 10.1. The van der Waals surface area contributed by atoms with E-state index in [0.717, 1.165) is 27.6 Å². The summed E-state index contributed by atoms with van der Waals surface area (Å²) in [6, 6.07) is 30.0. The Morgan fingerprint density at radius 3 is 2.45 bits per heavy atom. The molecule has 7 aromatic rings. The molecule has 0 aliphatic rings. The number of hydrogen-bond donors (Lipinski definition) is 0. The van der Waals surface area contributed by atoms with E-state index in [1.165, 1.54) is 31.9 Å². The van der Waals surface area contributed by atoms with E-state index in [9.17, 15) is 0 Å². The summed E-state index contributed by atoms with van der Waals surface area (Å²) in [5, 5.41) is 8.39. The quantitative estimate of drug-likeness (QED) is 0.279. The second-order valence-electron chi connectivity index (χ2n) is 7.40. The topological polar surface area (TPSA) is 18.1 Å². The van der Waals surface area contributed by atoms with Crippen molar-refractivity contribution in [2.75, 3.05) is 0 Å². The number of rotatable bonds is 1. The van der Waals surface area contributed by atoms with Crippen LogP contribution in [0.15, 0.2) is 94.7 Å². The average molecular weight is 389 g/mol. The van der Waals surface area contributed by atoms with E-state index in [1.807, 2.05) is 23.5 Å². The molecule has 0 fully saturated rings. The van der Waals surface area contributed by atoms with Gasteiger partial charge in [-0.05, 0) is 41.1 Å². The van der Waals surface area contributed by atoms with Crippen molar-refractivity contribution in [3.05, 3.63) is 90.3 Å². The van der Waals surface area contributed by atoms with Crippen LogP contribution in [-0.2, 0) is 0 Å². The van der Waals surface area contributed by atoms with Gasteiger partial charge in [0.05, 0.1) is 16.7 Å². The number of para-hydroxylation sites is 3. The van der Waals surface area contributed by atoms with Crippen LogP contribution in [-0.4, -0.2) is 4.57 Å². The van der Waals surface area contributed by atoms with E-state index in [2.05, 4.69) is 82.7 Å². The highest BCUT2D eigenvalue weighted by atomic mass is 32.1. The maximum absolute atomic E-state index is 6.36. The predicted octanol–water partition coefficient (Wildman–Crippen LogP) is 7.90. The molecule has 0 spiro atoms. The number of fused-ring (bicyclic) bond motifs is 8. The van der Waals surface area contributed by atoms with Gasteiger partial charge in [0.25, 0.3) is 0 Å². The molecule has 0 unspecified atom stereocenters. The van der Waals surface area contributed by atoms with Gasteiger partial charge in [-0.3, -0.25) is 0 Å². The molecule has 0 saturated carbocycles. The fraction of sp³-hybridized carbons (Fsp3) is 0. The molecule has 136 valence electrons. The van der Waals surface area contributed by atoms with Crippen molar-refractivity contribution in [2.24, 2.45) is 0 Å². The number of hydrogen-bond acceptors (Lipinski definition) is 2. The van der Waals surface area contributed by atoms with Gasteiger partial charge in [-0.2, -0.15) is 0 Å². The van der Waals surface area contributed by atoms with Crippen LogP contribution in [0, 0.1) is 0 Å². The largest absolute Gasteiger partial charge is 0.454 e. The molecular weight excluding hydrogens is 374 g/mol. The summed E-state index contributed by atoms with van der Waals surface area (Å²) in [5.74, 6) is 0. The zero-order valence-corrected chi connectivity index (χ0v) is 16.2. The number of nitrogens with zero attached hydrogens (tertiary/aromatic N) is 1. The van der Waals surface area contributed by atoms with E-state index in [1.54, 1.807) is 0 Å². The third-order valence-corrected chi connectivity index (χ3v) is 6.83. The Kier molecular flexibility index (Phi) is 2.91. The number of thiophene rings is 1. The minimum Gasteiger partial charge on any atom is -0.454 e. The first-order chi connectivity index (χ1) is 14.4. The zero-order chi connectivity index (χ0) is 18.9. The average Bonchev–Trinajstić information content (AvgIpc) is 3.46. The lowest BCUT2D eigenvalue weighted by Crippen LogP contribution is -1.94. The highest BCUT2D eigenvalue weighted by Gasteiger charge is 2.18. The highest BCUT2D eigenvalue weighted by Crippen LogP contribution is 2.41. The van der Waals surface area contributed by atoms with E-state index in [0.29, 0.717) is 0 Å². The maximum atomic E-state index is 6.36. The Balaban J connectivity index is 1.72. The first-order valence-electron chi connectivity index (χ1n) is 9.70. The van der Waals surface area contributed by atoms with E-state index in [-0.39, 0.29) is 0 Å². The van der Waals surface area contributed by atoms with Gasteiger partial charge in [0.1, 0.15) is 5.58 Å². The maximum Gasteiger partial charge on any atom is 0.159 e. The van der Waals surface area contributed by atoms with Gasteiger partial charge in [0, 0.05) is 26.2 Å². The molecule has 0 radical (unpaired) electrons. The number of aromatic nitrogens is 1. The van der Waals surface area contributed by atoms with Crippen LogP contribution in [0.25, 0.3) is 59.5 Å². The molecule has 0 aliphatic carbocycles. The van der Waals surface area contributed by atoms with Crippen molar-refractivity contribution >= 4 is 65.2 Å². The van der Waals surface area contributed by atoms with Crippen molar-refractivity contribution in [1.29, 1.82) is 0 Å². The smallest absolute Gasteiger partial charge is 0.159 e. The SMILES string of the molecule is c1ccc2c(c1)oc1c(-n3c4ccccc4c4c5sccc5ccc43)cccc12. The molecule has 0 aliphatic heterocycles. The van der Waals surface area contributed by atoms with Crippen LogP contribution in [0.1, 0.15) is 0 Å². The number of benzene rings is 4. The Labute approximate surface area is 170 Å². The van der Waals surface area contributed by atoms with Crippen molar-refractivity contribution in [2.45, 2.75) is 0 Å². The van der Waals surface area contributed by atoms with Crippen LogP contribution in [0.5, 0.6) is 0 Å². The van der Waals surface area contributed by atoms with Gasteiger partial charge in [-0.25, -0.2) is 0 Å². The van der Waals surface area contributed by atoms with Crippen molar-refractivity contribution in [3.63, 3.8) is 0 Å². The van der Waals surface area contributed by atoms with Crippen LogP contribution in [0.3, 0.4) is 0 Å². The monoisotopic (exact) mass is 389 g/mol.